The van der Waals surface area contributed by atoms with E-state index in [2.05, 4.69) is 69.4 Å². The molecule has 0 aliphatic rings. The number of rotatable bonds is 5. The second kappa shape index (κ2) is 8.21. The second-order valence-corrected chi connectivity index (χ2v) is 6.49. The third kappa shape index (κ3) is 6.08. The first kappa shape index (κ1) is 18.5. The Balaban J connectivity index is 0.00000242. The maximum atomic E-state index is 5.99. The van der Waals surface area contributed by atoms with Gasteiger partial charge in [0.15, 0.2) is 0 Å². The van der Waals surface area contributed by atoms with Crippen molar-refractivity contribution in [2.75, 3.05) is 0 Å². The van der Waals surface area contributed by atoms with Gasteiger partial charge in [0.25, 0.3) is 0 Å². The van der Waals surface area contributed by atoms with E-state index >= 15 is 0 Å². The van der Waals surface area contributed by atoms with Crippen LogP contribution in [0.4, 0.5) is 0 Å². The van der Waals surface area contributed by atoms with Gasteiger partial charge in [-0.2, -0.15) is 0 Å². The minimum atomic E-state index is 0. The molecule has 0 spiro atoms. The summed E-state index contributed by atoms with van der Waals surface area (Å²) < 4.78 is 5.99. The first-order valence-corrected chi connectivity index (χ1v) is 7.45. The van der Waals surface area contributed by atoms with Crippen molar-refractivity contribution in [3.8, 4) is 5.75 Å². The molecule has 0 aliphatic heterocycles. The summed E-state index contributed by atoms with van der Waals surface area (Å²) in [5.74, 6) is 0.954. The molecular weight excluding hydrogens is 294 g/mol. The largest absolute Gasteiger partial charge is 0.489 e. The normalized spacial score (nSPS) is 10.9. The molecule has 0 unspecified atom stereocenters. The molecule has 2 aromatic rings. The van der Waals surface area contributed by atoms with Crippen LogP contribution in [0.3, 0.4) is 0 Å². The lowest BCUT2D eigenvalue weighted by Crippen LogP contribution is -2.35. The highest BCUT2D eigenvalue weighted by atomic mass is 35.5. The highest BCUT2D eigenvalue weighted by Gasteiger charge is 2.10. The maximum absolute atomic E-state index is 5.99. The van der Waals surface area contributed by atoms with Crippen LogP contribution in [0, 0.1) is 6.92 Å². The van der Waals surface area contributed by atoms with Crippen LogP contribution < -0.4 is 10.1 Å². The molecule has 0 saturated heterocycles. The lowest BCUT2D eigenvalue weighted by molar-refractivity contribution is 0.300. The molecule has 0 atom stereocenters. The zero-order chi connectivity index (χ0) is 15.3. The summed E-state index contributed by atoms with van der Waals surface area (Å²) in [6.45, 7) is 10.0. The highest BCUT2D eigenvalue weighted by molar-refractivity contribution is 5.85. The van der Waals surface area contributed by atoms with E-state index in [1.165, 1.54) is 16.7 Å². The zero-order valence-electron chi connectivity index (χ0n) is 13.8. The van der Waals surface area contributed by atoms with Crippen LogP contribution in [0.1, 0.15) is 37.5 Å². The Hall–Kier alpha value is -1.51. The Morgan fingerprint density at radius 3 is 2.23 bits per heavy atom. The first-order chi connectivity index (χ1) is 9.94. The highest BCUT2D eigenvalue weighted by Crippen LogP contribution is 2.20. The molecule has 2 nitrogen and oxygen atoms in total. The van der Waals surface area contributed by atoms with Gasteiger partial charge in [0.05, 0.1) is 0 Å². The second-order valence-electron chi connectivity index (χ2n) is 6.49. The molecule has 0 aliphatic carbocycles. The maximum Gasteiger partial charge on any atom is 0.124 e. The van der Waals surface area contributed by atoms with Gasteiger partial charge in [-0.25, -0.2) is 0 Å². The van der Waals surface area contributed by atoms with E-state index in [4.69, 9.17) is 4.74 Å². The number of halogens is 1. The molecule has 0 bridgehead atoms. The quantitative estimate of drug-likeness (QED) is 0.847. The van der Waals surface area contributed by atoms with Crippen LogP contribution in [0.2, 0.25) is 0 Å². The summed E-state index contributed by atoms with van der Waals surface area (Å²) in [7, 11) is 0. The lowest BCUT2D eigenvalue weighted by Gasteiger charge is -2.21. The average Bonchev–Trinajstić information content (AvgIpc) is 2.44. The monoisotopic (exact) mass is 319 g/mol. The molecule has 22 heavy (non-hydrogen) atoms. The molecule has 1 N–H and O–H groups in total. The van der Waals surface area contributed by atoms with Crippen molar-refractivity contribution >= 4 is 12.4 Å². The Kier molecular flexibility index (Phi) is 6.92. The van der Waals surface area contributed by atoms with Gasteiger partial charge in [0, 0.05) is 17.6 Å². The molecule has 0 radical (unpaired) electrons. The molecule has 0 amide bonds. The Morgan fingerprint density at radius 2 is 1.59 bits per heavy atom. The SMILES string of the molecule is Cc1ccc(COc2ccccc2CNC(C)(C)C)cc1.Cl. The summed E-state index contributed by atoms with van der Waals surface area (Å²) in [4.78, 5) is 0. The van der Waals surface area contributed by atoms with Crippen molar-refractivity contribution in [1.82, 2.24) is 5.32 Å². The van der Waals surface area contributed by atoms with Crippen LogP contribution in [-0.4, -0.2) is 5.54 Å². The van der Waals surface area contributed by atoms with Gasteiger partial charge < -0.3 is 10.1 Å². The molecule has 0 heterocycles. The molecule has 2 aromatic carbocycles. The van der Waals surface area contributed by atoms with E-state index in [1.807, 2.05) is 12.1 Å². The number of hydrogen-bond acceptors (Lipinski definition) is 2. The molecule has 120 valence electrons. The van der Waals surface area contributed by atoms with E-state index in [0.29, 0.717) is 6.61 Å². The molecule has 2 rings (SSSR count). The molecule has 0 aromatic heterocycles. The Bertz CT molecular complexity index is 573. The molecule has 0 saturated carbocycles. The summed E-state index contributed by atoms with van der Waals surface area (Å²) in [5, 5.41) is 3.50. The summed E-state index contributed by atoms with van der Waals surface area (Å²) in [5.41, 5.74) is 3.76. The number of nitrogens with one attached hydrogen (secondary N) is 1. The minimum Gasteiger partial charge on any atom is -0.489 e. The van der Waals surface area contributed by atoms with E-state index in [0.717, 1.165) is 12.3 Å². The van der Waals surface area contributed by atoms with Gasteiger partial charge in [-0.1, -0.05) is 48.0 Å². The van der Waals surface area contributed by atoms with Gasteiger partial charge in [-0.3, -0.25) is 0 Å². The van der Waals surface area contributed by atoms with Gasteiger partial charge in [-0.15, -0.1) is 12.4 Å². The van der Waals surface area contributed by atoms with Crippen LogP contribution >= 0.6 is 12.4 Å². The minimum absolute atomic E-state index is 0. The fourth-order valence-electron chi connectivity index (χ4n) is 2.00. The van der Waals surface area contributed by atoms with E-state index < -0.39 is 0 Å². The zero-order valence-corrected chi connectivity index (χ0v) is 14.7. The van der Waals surface area contributed by atoms with Crippen LogP contribution in [0.5, 0.6) is 5.75 Å². The molecule has 3 heteroatoms. The third-order valence-corrected chi connectivity index (χ3v) is 3.30. The average molecular weight is 320 g/mol. The third-order valence-electron chi connectivity index (χ3n) is 3.30. The van der Waals surface area contributed by atoms with Gasteiger partial charge >= 0.3 is 0 Å². The van der Waals surface area contributed by atoms with Gasteiger partial charge in [0.2, 0.25) is 0 Å². The number of ether oxygens (including phenoxy) is 1. The van der Waals surface area contributed by atoms with Crippen LogP contribution in [-0.2, 0) is 13.2 Å². The number of para-hydroxylation sites is 1. The summed E-state index contributed by atoms with van der Waals surface area (Å²) >= 11 is 0. The summed E-state index contributed by atoms with van der Waals surface area (Å²) in [6.07, 6.45) is 0. The van der Waals surface area contributed by atoms with E-state index in [-0.39, 0.29) is 17.9 Å². The predicted molar refractivity (Wildman–Crippen MR) is 95.8 cm³/mol. The standard InChI is InChI=1S/C19H25NO.ClH/c1-15-9-11-16(12-10-15)14-21-18-8-6-5-7-17(18)13-20-19(2,3)4;/h5-12,20H,13-14H2,1-4H3;1H. The smallest absolute Gasteiger partial charge is 0.124 e. The number of aryl methyl sites for hydroxylation is 1. The van der Waals surface area contributed by atoms with E-state index in [9.17, 15) is 0 Å². The molecule has 0 fully saturated rings. The lowest BCUT2D eigenvalue weighted by atomic mass is 10.1. The first-order valence-electron chi connectivity index (χ1n) is 7.45. The van der Waals surface area contributed by atoms with E-state index in [1.54, 1.807) is 0 Å². The molecular formula is C19H26ClNO. The van der Waals surface area contributed by atoms with Crippen molar-refractivity contribution in [3.05, 3.63) is 65.2 Å². The van der Waals surface area contributed by atoms with Crippen LogP contribution in [0.15, 0.2) is 48.5 Å². The van der Waals surface area contributed by atoms with Crippen molar-refractivity contribution in [2.45, 2.75) is 46.4 Å². The predicted octanol–water partition coefficient (Wildman–Crippen LogP) is 4.88. The van der Waals surface area contributed by atoms with Crippen molar-refractivity contribution in [1.29, 1.82) is 0 Å². The number of hydrogen-bond donors (Lipinski definition) is 1. The number of benzene rings is 2. The fourth-order valence-corrected chi connectivity index (χ4v) is 2.00. The van der Waals surface area contributed by atoms with Gasteiger partial charge in [0.1, 0.15) is 12.4 Å². The topological polar surface area (TPSA) is 21.3 Å². The van der Waals surface area contributed by atoms with Crippen molar-refractivity contribution < 1.29 is 4.74 Å². The van der Waals surface area contributed by atoms with Crippen molar-refractivity contribution in [3.63, 3.8) is 0 Å². The Labute approximate surface area is 140 Å². The van der Waals surface area contributed by atoms with Crippen molar-refractivity contribution in [2.24, 2.45) is 0 Å². The van der Waals surface area contributed by atoms with Gasteiger partial charge in [-0.05, 0) is 39.3 Å². The fraction of sp³-hybridized carbons (Fsp3) is 0.368. The summed E-state index contributed by atoms with van der Waals surface area (Å²) in [6, 6.07) is 16.7. The Morgan fingerprint density at radius 1 is 0.955 bits per heavy atom. The van der Waals surface area contributed by atoms with Crippen LogP contribution in [0.25, 0.3) is 0 Å².